The Labute approximate surface area is 186 Å². The van der Waals surface area contributed by atoms with E-state index in [-0.39, 0.29) is 29.4 Å². The lowest BCUT2D eigenvalue weighted by molar-refractivity contribution is -0.134. The average molecular weight is 474 g/mol. The van der Waals surface area contributed by atoms with E-state index in [2.05, 4.69) is 42.0 Å². The number of carboxylic acids is 1. The van der Waals surface area contributed by atoms with Gasteiger partial charge in [0, 0.05) is 6.42 Å². The lowest BCUT2D eigenvalue weighted by Gasteiger charge is -2.22. The Bertz CT molecular complexity index is 914. The molecule has 2 rings (SSSR count). The number of halogens is 1. The topological polar surface area (TPSA) is 75.6 Å². The van der Waals surface area contributed by atoms with Gasteiger partial charge in [-0.25, -0.2) is 4.79 Å². The normalized spacial score (nSPS) is 12.9. The molecule has 160 valence electrons. The minimum Gasteiger partial charge on any atom is -0.477 e. The molecule has 0 aliphatic rings. The molecule has 2 aromatic rings. The van der Waals surface area contributed by atoms with Crippen LogP contribution in [0.25, 0.3) is 6.08 Å². The van der Waals surface area contributed by atoms with Gasteiger partial charge < -0.3 is 15.2 Å². The van der Waals surface area contributed by atoms with Crippen LogP contribution in [-0.4, -0.2) is 17.0 Å². The van der Waals surface area contributed by atoms with Gasteiger partial charge in [0.15, 0.2) is 0 Å². The summed E-state index contributed by atoms with van der Waals surface area (Å²) in [5.41, 5.74) is 0.613. The summed E-state index contributed by atoms with van der Waals surface area (Å²) in [4.78, 5) is 23.9. The molecule has 0 fully saturated rings. The van der Waals surface area contributed by atoms with E-state index in [1.807, 2.05) is 31.2 Å². The van der Waals surface area contributed by atoms with Crippen LogP contribution in [0, 0.1) is 11.3 Å². The van der Waals surface area contributed by atoms with Crippen molar-refractivity contribution in [2.24, 2.45) is 11.3 Å². The van der Waals surface area contributed by atoms with Crippen LogP contribution in [0.15, 0.2) is 58.7 Å². The van der Waals surface area contributed by atoms with Gasteiger partial charge in [-0.1, -0.05) is 52.0 Å². The molecule has 1 unspecified atom stereocenters. The van der Waals surface area contributed by atoms with E-state index in [9.17, 15) is 14.7 Å². The second kappa shape index (κ2) is 10.4. The molecule has 0 saturated carbocycles. The maximum absolute atomic E-state index is 12.3. The third-order valence-electron chi connectivity index (χ3n) is 4.25. The van der Waals surface area contributed by atoms with Crippen LogP contribution in [0.5, 0.6) is 11.5 Å². The molecule has 1 amide bonds. The van der Waals surface area contributed by atoms with Crippen molar-refractivity contribution in [3.05, 3.63) is 64.3 Å². The van der Waals surface area contributed by atoms with Crippen molar-refractivity contribution < 1.29 is 19.4 Å². The monoisotopic (exact) mass is 473 g/mol. The average Bonchev–Trinajstić information content (AvgIpc) is 2.62. The molecule has 0 aliphatic heterocycles. The van der Waals surface area contributed by atoms with Gasteiger partial charge in [-0.05, 0) is 69.6 Å². The third-order valence-corrected chi connectivity index (χ3v) is 4.91. The van der Waals surface area contributed by atoms with Gasteiger partial charge in [0.1, 0.15) is 17.2 Å². The van der Waals surface area contributed by atoms with Crippen LogP contribution in [-0.2, 0) is 9.59 Å². The van der Waals surface area contributed by atoms with Crippen molar-refractivity contribution in [3.63, 3.8) is 0 Å². The number of carbonyl (C=O) groups is 2. The van der Waals surface area contributed by atoms with Crippen molar-refractivity contribution in [1.82, 2.24) is 5.32 Å². The number of ether oxygens (including phenoxy) is 1. The van der Waals surface area contributed by atoms with Crippen molar-refractivity contribution in [3.8, 4) is 11.5 Å². The fourth-order valence-electron chi connectivity index (χ4n) is 3.24. The van der Waals surface area contributed by atoms with Crippen molar-refractivity contribution in [2.75, 3.05) is 0 Å². The number of carboxylic acid groups (broad SMARTS) is 1. The highest BCUT2D eigenvalue weighted by atomic mass is 79.9. The van der Waals surface area contributed by atoms with Gasteiger partial charge in [0.25, 0.3) is 0 Å². The largest absolute Gasteiger partial charge is 0.477 e. The van der Waals surface area contributed by atoms with E-state index in [1.165, 1.54) is 6.08 Å². The molecular formula is C24H28BrNO4. The third kappa shape index (κ3) is 8.03. The Morgan fingerprint density at radius 3 is 2.33 bits per heavy atom. The fourth-order valence-corrected chi connectivity index (χ4v) is 3.61. The summed E-state index contributed by atoms with van der Waals surface area (Å²) in [5, 5.41) is 12.0. The second-order valence-electron chi connectivity index (χ2n) is 8.59. The molecule has 0 heterocycles. The number of amides is 1. The minimum absolute atomic E-state index is 0.115. The highest BCUT2D eigenvalue weighted by Crippen LogP contribution is 2.29. The molecule has 0 saturated heterocycles. The lowest BCUT2D eigenvalue weighted by Crippen LogP contribution is -2.29. The number of benzene rings is 2. The first-order chi connectivity index (χ1) is 14.0. The highest BCUT2D eigenvalue weighted by molar-refractivity contribution is 9.10. The molecule has 2 N–H and O–H groups in total. The van der Waals surface area contributed by atoms with Gasteiger partial charge in [-0.3, -0.25) is 4.79 Å². The summed E-state index contributed by atoms with van der Waals surface area (Å²) >= 11 is 3.43. The summed E-state index contributed by atoms with van der Waals surface area (Å²) in [6.07, 6.45) is 2.60. The zero-order valence-corrected chi connectivity index (χ0v) is 19.3. The van der Waals surface area contributed by atoms with Gasteiger partial charge in [0.05, 0.1) is 4.47 Å². The Morgan fingerprint density at radius 2 is 1.77 bits per heavy atom. The maximum Gasteiger partial charge on any atom is 0.352 e. The van der Waals surface area contributed by atoms with E-state index >= 15 is 0 Å². The predicted octanol–water partition coefficient (Wildman–Crippen LogP) is 6.25. The number of carbonyl (C=O) groups excluding carboxylic acids is 1. The van der Waals surface area contributed by atoms with E-state index in [0.717, 1.165) is 10.9 Å². The van der Waals surface area contributed by atoms with Crippen LogP contribution in [0.4, 0.5) is 0 Å². The molecule has 2 aromatic carbocycles. The molecule has 1 atom stereocenters. The number of hydrogen-bond acceptors (Lipinski definition) is 3. The first-order valence-electron chi connectivity index (χ1n) is 9.81. The number of para-hydroxylation sites is 1. The molecule has 0 bridgehead atoms. The van der Waals surface area contributed by atoms with E-state index < -0.39 is 5.97 Å². The van der Waals surface area contributed by atoms with Crippen LogP contribution in [0.1, 0.15) is 46.1 Å². The van der Waals surface area contributed by atoms with Gasteiger partial charge >= 0.3 is 5.97 Å². The van der Waals surface area contributed by atoms with E-state index in [4.69, 9.17) is 4.74 Å². The van der Waals surface area contributed by atoms with Crippen molar-refractivity contribution in [1.29, 1.82) is 0 Å². The van der Waals surface area contributed by atoms with Gasteiger partial charge in [-0.2, -0.15) is 0 Å². The smallest absolute Gasteiger partial charge is 0.352 e. The Morgan fingerprint density at radius 1 is 1.13 bits per heavy atom. The van der Waals surface area contributed by atoms with Crippen molar-refractivity contribution >= 4 is 33.9 Å². The van der Waals surface area contributed by atoms with E-state index in [1.54, 1.807) is 24.3 Å². The summed E-state index contributed by atoms with van der Waals surface area (Å²) in [6, 6.07) is 14.5. The lowest BCUT2D eigenvalue weighted by atomic mass is 9.84. The SMILES string of the molecule is CC(CC(=O)N/C(=C\c1ccc(Oc2ccccc2Br)cc1)C(=O)O)CC(C)(C)C. The van der Waals surface area contributed by atoms with Crippen molar-refractivity contribution in [2.45, 2.75) is 40.5 Å². The summed E-state index contributed by atoms with van der Waals surface area (Å²) in [6.45, 7) is 8.36. The van der Waals surface area contributed by atoms with Crippen LogP contribution >= 0.6 is 15.9 Å². The Balaban J connectivity index is 2.05. The molecular weight excluding hydrogens is 446 g/mol. The maximum atomic E-state index is 12.3. The molecule has 6 heteroatoms. The summed E-state index contributed by atoms with van der Waals surface area (Å²) in [5.74, 6) is -0.0111. The molecule has 0 spiro atoms. The Kier molecular flexibility index (Phi) is 8.24. The summed E-state index contributed by atoms with van der Waals surface area (Å²) < 4.78 is 6.65. The molecule has 0 radical (unpaired) electrons. The molecule has 0 aliphatic carbocycles. The molecule has 5 nitrogen and oxygen atoms in total. The molecule has 0 aromatic heterocycles. The number of rotatable bonds is 8. The van der Waals surface area contributed by atoms with Crippen LogP contribution < -0.4 is 10.1 Å². The fraction of sp³-hybridized carbons (Fsp3) is 0.333. The number of nitrogens with one attached hydrogen (secondary N) is 1. The first-order valence-corrected chi connectivity index (χ1v) is 10.6. The van der Waals surface area contributed by atoms with Crippen LogP contribution in [0.3, 0.4) is 0 Å². The predicted molar refractivity (Wildman–Crippen MR) is 122 cm³/mol. The van der Waals surface area contributed by atoms with Gasteiger partial charge in [-0.15, -0.1) is 0 Å². The second-order valence-corrected chi connectivity index (χ2v) is 9.44. The highest BCUT2D eigenvalue weighted by Gasteiger charge is 2.19. The van der Waals surface area contributed by atoms with Crippen LogP contribution in [0.2, 0.25) is 0 Å². The number of hydrogen-bond donors (Lipinski definition) is 2. The number of aliphatic carboxylic acids is 1. The zero-order valence-electron chi connectivity index (χ0n) is 17.7. The standard InChI is InChI=1S/C24H28BrNO4/c1-16(15-24(2,3)4)13-22(27)26-20(23(28)29)14-17-9-11-18(12-10-17)30-21-8-6-5-7-19(21)25/h5-12,14,16H,13,15H2,1-4H3,(H,26,27)(H,28,29)/b20-14-. The minimum atomic E-state index is -1.18. The first kappa shape index (κ1) is 23.7. The quantitative estimate of drug-likeness (QED) is 0.444. The Hall–Kier alpha value is -2.60. The zero-order chi connectivity index (χ0) is 22.3. The van der Waals surface area contributed by atoms with Gasteiger partial charge in [0.2, 0.25) is 5.91 Å². The van der Waals surface area contributed by atoms with E-state index in [0.29, 0.717) is 17.1 Å². The summed E-state index contributed by atoms with van der Waals surface area (Å²) in [7, 11) is 0. The molecule has 30 heavy (non-hydrogen) atoms.